The summed E-state index contributed by atoms with van der Waals surface area (Å²) in [5.41, 5.74) is 0.0897. The normalized spacial score (nSPS) is 35.6. The number of ether oxygens (including phenoxy) is 1. The Labute approximate surface area is 55.8 Å². The van der Waals surface area contributed by atoms with Crippen LogP contribution in [-0.4, -0.2) is 17.5 Å². The molecule has 0 radical (unpaired) electrons. The first-order chi connectivity index (χ1) is 3.60. The van der Waals surface area contributed by atoms with Gasteiger partial charge in [-0.2, -0.15) is 12.6 Å². The molecule has 1 rings (SSSR count). The Morgan fingerprint density at radius 3 is 2.38 bits per heavy atom. The molecule has 2 heteroatoms. The van der Waals surface area contributed by atoms with Gasteiger partial charge in [-0.1, -0.05) is 0 Å². The highest BCUT2D eigenvalue weighted by atomic mass is 32.1. The molecule has 1 saturated heterocycles. The van der Waals surface area contributed by atoms with Crippen LogP contribution in [0.1, 0.15) is 20.3 Å². The van der Waals surface area contributed by atoms with E-state index in [-0.39, 0.29) is 5.60 Å². The van der Waals surface area contributed by atoms with Gasteiger partial charge in [0.25, 0.3) is 0 Å². The van der Waals surface area contributed by atoms with Gasteiger partial charge in [-0.25, -0.2) is 0 Å². The Morgan fingerprint density at radius 2 is 2.25 bits per heavy atom. The lowest BCUT2D eigenvalue weighted by Crippen LogP contribution is -2.16. The molecule has 48 valence electrons. The minimum Gasteiger partial charge on any atom is -0.374 e. The van der Waals surface area contributed by atoms with E-state index >= 15 is 0 Å². The molecule has 0 aromatic carbocycles. The van der Waals surface area contributed by atoms with Crippen LogP contribution in [0.4, 0.5) is 0 Å². The van der Waals surface area contributed by atoms with Crippen molar-refractivity contribution in [3.63, 3.8) is 0 Å². The molecule has 0 amide bonds. The molecule has 1 heterocycles. The van der Waals surface area contributed by atoms with Crippen LogP contribution in [0.2, 0.25) is 0 Å². The van der Waals surface area contributed by atoms with E-state index in [0.29, 0.717) is 5.25 Å². The molecule has 0 bridgehead atoms. The SMILES string of the molecule is CC1(C)C[C@@H](S)CO1. The first-order valence-corrected chi connectivity index (χ1v) is 3.44. The van der Waals surface area contributed by atoms with Crippen molar-refractivity contribution < 1.29 is 4.74 Å². The van der Waals surface area contributed by atoms with E-state index in [9.17, 15) is 0 Å². The van der Waals surface area contributed by atoms with Crippen LogP contribution in [0.3, 0.4) is 0 Å². The Balaban J connectivity index is 2.44. The molecule has 8 heavy (non-hydrogen) atoms. The summed E-state index contributed by atoms with van der Waals surface area (Å²) in [6.45, 7) is 5.02. The molecular formula is C6H12OS. The standard InChI is InChI=1S/C6H12OS/c1-6(2)3-5(8)4-7-6/h5,8H,3-4H2,1-2H3/t5-/m1/s1. The van der Waals surface area contributed by atoms with Gasteiger partial charge in [0.1, 0.15) is 0 Å². The third-order valence-corrected chi connectivity index (χ3v) is 1.73. The van der Waals surface area contributed by atoms with Crippen LogP contribution < -0.4 is 0 Å². The van der Waals surface area contributed by atoms with Crippen LogP contribution >= 0.6 is 12.6 Å². The lowest BCUT2D eigenvalue weighted by atomic mass is 10.1. The number of thiol groups is 1. The molecule has 0 N–H and O–H groups in total. The summed E-state index contributed by atoms with van der Waals surface area (Å²) in [7, 11) is 0. The summed E-state index contributed by atoms with van der Waals surface area (Å²) in [5, 5.41) is 0.463. The zero-order chi connectivity index (χ0) is 6.20. The fourth-order valence-electron chi connectivity index (χ4n) is 1.01. The molecule has 1 nitrogen and oxygen atoms in total. The minimum absolute atomic E-state index is 0.0897. The Morgan fingerprint density at radius 1 is 1.62 bits per heavy atom. The average molecular weight is 132 g/mol. The van der Waals surface area contributed by atoms with Gasteiger partial charge in [0.15, 0.2) is 0 Å². The van der Waals surface area contributed by atoms with Crippen LogP contribution in [-0.2, 0) is 4.74 Å². The number of hydrogen-bond donors (Lipinski definition) is 1. The van der Waals surface area contributed by atoms with Gasteiger partial charge >= 0.3 is 0 Å². The summed E-state index contributed by atoms with van der Waals surface area (Å²) in [4.78, 5) is 0. The predicted molar refractivity (Wildman–Crippen MR) is 37.4 cm³/mol. The summed E-state index contributed by atoms with van der Waals surface area (Å²) < 4.78 is 5.38. The summed E-state index contributed by atoms with van der Waals surface area (Å²) in [6.07, 6.45) is 1.08. The van der Waals surface area contributed by atoms with E-state index < -0.39 is 0 Å². The van der Waals surface area contributed by atoms with E-state index in [1.54, 1.807) is 0 Å². The third kappa shape index (κ3) is 1.39. The first kappa shape index (κ1) is 6.43. The average Bonchev–Trinajstić information content (AvgIpc) is 1.82. The molecule has 0 spiro atoms. The molecule has 0 aromatic rings. The van der Waals surface area contributed by atoms with Crippen molar-refractivity contribution in [2.24, 2.45) is 0 Å². The van der Waals surface area contributed by atoms with Gasteiger partial charge in [-0.3, -0.25) is 0 Å². The van der Waals surface area contributed by atoms with Crippen molar-refractivity contribution in [2.45, 2.75) is 31.1 Å². The van der Waals surface area contributed by atoms with E-state index in [1.807, 2.05) is 0 Å². The fraction of sp³-hybridized carbons (Fsp3) is 1.00. The molecule has 1 atom stereocenters. The minimum atomic E-state index is 0.0897. The topological polar surface area (TPSA) is 9.23 Å². The first-order valence-electron chi connectivity index (χ1n) is 2.92. The van der Waals surface area contributed by atoms with Gasteiger partial charge in [-0.05, 0) is 20.3 Å². The quantitative estimate of drug-likeness (QED) is 0.491. The van der Waals surface area contributed by atoms with Gasteiger partial charge in [0.05, 0.1) is 12.2 Å². The fourth-order valence-corrected chi connectivity index (χ4v) is 1.52. The van der Waals surface area contributed by atoms with Crippen LogP contribution in [0.25, 0.3) is 0 Å². The smallest absolute Gasteiger partial charge is 0.0638 e. The number of hydrogen-bond acceptors (Lipinski definition) is 2. The largest absolute Gasteiger partial charge is 0.374 e. The van der Waals surface area contributed by atoms with E-state index in [2.05, 4.69) is 26.5 Å². The second-order valence-electron chi connectivity index (χ2n) is 2.93. The Kier molecular flexibility index (Phi) is 1.54. The molecule has 0 aromatic heterocycles. The molecule has 1 aliphatic heterocycles. The van der Waals surface area contributed by atoms with Crippen molar-refractivity contribution in [3.8, 4) is 0 Å². The van der Waals surface area contributed by atoms with Crippen LogP contribution in [0.5, 0.6) is 0 Å². The summed E-state index contributed by atoms with van der Waals surface area (Å²) >= 11 is 4.28. The third-order valence-electron chi connectivity index (χ3n) is 1.39. The molecule has 0 unspecified atom stereocenters. The van der Waals surface area contributed by atoms with Crippen molar-refractivity contribution in [1.29, 1.82) is 0 Å². The van der Waals surface area contributed by atoms with Gasteiger partial charge in [0.2, 0.25) is 0 Å². The van der Waals surface area contributed by atoms with Crippen LogP contribution in [0, 0.1) is 0 Å². The second-order valence-corrected chi connectivity index (χ2v) is 3.66. The van der Waals surface area contributed by atoms with Gasteiger partial charge in [-0.15, -0.1) is 0 Å². The Bertz CT molecular complexity index is 90.5. The van der Waals surface area contributed by atoms with Crippen molar-refractivity contribution in [2.75, 3.05) is 6.61 Å². The highest BCUT2D eigenvalue weighted by Gasteiger charge is 2.29. The zero-order valence-electron chi connectivity index (χ0n) is 5.35. The van der Waals surface area contributed by atoms with Crippen molar-refractivity contribution in [1.82, 2.24) is 0 Å². The number of rotatable bonds is 0. The second kappa shape index (κ2) is 1.92. The predicted octanol–water partition coefficient (Wildman–Crippen LogP) is 1.48. The molecule has 0 aliphatic carbocycles. The summed E-state index contributed by atoms with van der Waals surface area (Å²) in [5.74, 6) is 0. The van der Waals surface area contributed by atoms with E-state index in [0.717, 1.165) is 13.0 Å². The highest BCUT2D eigenvalue weighted by molar-refractivity contribution is 7.81. The van der Waals surface area contributed by atoms with Crippen LogP contribution in [0.15, 0.2) is 0 Å². The maximum absolute atomic E-state index is 5.38. The van der Waals surface area contributed by atoms with Crippen molar-refractivity contribution in [3.05, 3.63) is 0 Å². The maximum atomic E-state index is 5.38. The summed E-state index contributed by atoms with van der Waals surface area (Å²) in [6, 6.07) is 0. The van der Waals surface area contributed by atoms with E-state index in [4.69, 9.17) is 4.74 Å². The van der Waals surface area contributed by atoms with Gasteiger partial charge < -0.3 is 4.74 Å². The molecule has 1 fully saturated rings. The lowest BCUT2D eigenvalue weighted by molar-refractivity contribution is 0.0368. The van der Waals surface area contributed by atoms with Crippen molar-refractivity contribution >= 4 is 12.6 Å². The zero-order valence-corrected chi connectivity index (χ0v) is 6.24. The molecule has 1 aliphatic rings. The maximum Gasteiger partial charge on any atom is 0.0638 e. The monoisotopic (exact) mass is 132 g/mol. The van der Waals surface area contributed by atoms with E-state index in [1.165, 1.54) is 0 Å². The molecule has 0 saturated carbocycles. The Hall–Kier alpha value is 0.310. The molecular weight excluding hydrogens is 120 g/mol. The lowest BCUT2D eigenvalue weighted by Gasteiger charge is -2.14. The highest BCUT2D eigenvalue weighted by Crippen LogP contribution is 2.27. The van der Waals surface area contributed by atoms with Gasteiger partial charge in [0, 0.05) is 5.25 Å².